The molecule has 0 aliphatic rings. The minimum Gasteiger partial charge on any atom is -0.361 e. The van der Waals surface area contributed by atoms with Crippen LogP contribution in [0.4, 0.5) is 5.82 Å². The monoisotopic (exact) mass is 314 g/mol. The summed E-state index contributed by atoms with van der Waals surface area (Å²) in [7, 11) is 0. The third-order valence-electron chi connectivity index (χ3n) is 3.55. The maximum Gasteiger partial charge on any atom is 0.225 e. The summed E-state index contributed by atoms with van der Waals surface area (Å²) in [6.45, 7) is 2.05. The fourth-order valence-electron chi connectivity index (χ4n) is 2.46. The number of para-hydroxylation sites is 1. The van der Waals surface area contributed by atoms with Crippen molar-refractivity contribution in [3.8, 4) is 0 Å². The fraction of sp³-hybridized carbons (Fsp3) is 0.188. The molecule has 2 aromatic heterocycles. The van der Waals surface area contributed by atoms with Gasteiger partial charge in [0.25, 0.3) is 0 Å². The van der Waals surface area contributed by atoms with Crippen LogP contribution in [-0.2, 0) is 11.2 Å². The number of hydrogen-bond donors (Lipinski definition) is 1. The van der Waals surface area contributed by atoms with Gasteiger partial charge in [-0.1, -0.05) is 29.8 Å². The first-order chi connectivity index (χ1) is 10.6. The number of H-pyrrole nitrogens is 1. The Morgan fingerprint density at radius 3 is 2.77 bits per heavy atom. The molecule has 1 amide bonds. The Hall–Kier alpha value is -2.40. The highest BCUT2D eigenvalue weighted by Crippen LogP contribution is 2.19. The summed E-state index contributed by atoms with van der Waals surface area (Å²) in [5.74, 6) is 0.438. The van der Waals surface area contributed by atoms with E-state index in [9.17, 15) is 4.79 Å². The van der Waals surface area contributed by atoms with Crippen LogP contribution in [0.2, 0.25) is 5.15 Å². The molecule has 6 heteroatoms. The van der Waals surface area contributed by atoms with Gasteiger partial charge in [-0.15, -0.1) is 10.2 Å². The lowest BCUT2D eigenvalue weighted by Gasteiger charge is -2.19. The first-order valence-electron chi connectivity index (χ1n) is 6.97. The zero-order valence-corrected chi connectivity index (χ0v) is 12.8. The van der Waals surface area contributed by atoms with Gasteiger partial charge in [0.2, 0.25) is 5.91 Å². The van der Waals surface area contributed by atoms with Gasteiger partial charge >= 0.3 is 0 Å². The highest BCUT2D eigenvalue weighted by atomic mass is 35.5. The van der Waals surface area contributed by atoms with Crippen molar-refractivity contribution in [2.75, 3.05) is 11.4 Å². The van der Waals surface area contributed by atoms with Gasteiger partial charge in [0.1, 0.15) is 0 Å². The highest BCUT2D eigenvalue weighted by Gasteiger charge is 2.14. The summed E-state index contributed by atoms with van der Waals surface area (Å²) in [5, 5.41) is 9.25. The van der Waals surface area contributed by atoms with Gasteiger partial charge in [-0.3, -0.25) is 9.69 Å². The number of carbonyl (C=O) groups excluding carboxylic acids is 1. The minimum atomic E-state index is -0.0727. The standard InChI is InChI=1S/C16H15ClN4O/c1-11(22)21(16-7-6-15(17)19-20-16)9-8-12-10-18-14-5-3-2-4-13(12)14/h2-7,10,18H,8-9H2,1H3. The molecular weight excluding hydrogens is 300 g/mol. The third-order valence-corrected chi connectivity index (χ3v) is 3.76. The largest absolute Gasteiger partial charge is 0.361 e. The van der Waals surface area contributed by atoms with Crippen LogP contribution in [-0.4, -0.2) is 27.6 Å². The highest BCUT2D eigenvalue weighted by molar-refractivity contribution is 6.29. The van der Waals surface area contributed by atoms with E-state index < -0.39 is 0 Å². The number of aromatic amines is 1. The van der Waals surface area contributed by atoms with Crippen LogP contribution < -0.4 is 4.90 Å². The van der Waals surface area contributed by atoms with E-state index in [0.29, 0.717) is 17.5 Å². The molecule has 1 aromatic carbocycles. The number of halogens is 1. The molecule has 0 radical (unpaired) electrons. The number of nitrogens with zero attached hydrogens (tertiary/aromatic N) is 3. The summed E-state index contributed by atoms with van der Waals surface area (Å²) >= 11 is 5.74. The topological polar surface area (TPSA) is 61.9 Å². The molecule has 0 saturated heterocycles. The van der Waals surface area contributed by atoms with Crippen LogP contribution in [0.1, 0.15) is 12.5 Å². The molecule has 2 heterocycles. The van der Waals surface area contributed by atoms with Crippen LogP contribution >= 0.6 is 11.6 Å². The number of anilines is 1. The quantitative estimate of drug-likeness (QED) is 0.804. The molecule has 0 aliphatic carbocycles. The van der Waals surface area contributed by atoms with E-state index in [-0.39, 0.29) is 5.91 Å². The summed E-state index contributed by atoms with van der Waals surface area (Å²) in [6.07, 6.45) is 2.71. The molecule has 0 spiro atoms. The van der Waals surface area contributed by atoms with Gasteiger partial charge < -0.3 is 4.98 Å². The maximum atomic E-state index is 11.9. The Bertz CT molecular complexity index is 797. The zero-order chi connectivity index (χ0) is 15.5. The molecule has 0 unspecified atom stereocenters. The van der Waals surface area contributed by atoms with E-state index in [1.807, 2.05) is 24.4 Å². The Morgan fingerprint density at radius 1 is 1.23 bits per heavy atom. The van der Waals surface area contributed by atoms with E-state index in [4.69, 9.17) is 11.6 Å². The number of hydrogen-bond acceptors (Lipinski definition) is 3. The number of amides is 1. The zero-order valence-electron chi connectivity index (χ0n) is 12.1. The van der Waals surface area contributed by atoms with E-state index in [1.54, 1.807) is 17.0 Å². The van der Waals surface area contributed by atoms with Crippen molar-refractivity contribution in [3.63, 3.8) is 0 Å². The normalized spacial score (nSPS) is 10.8. The molecule has 0 atom stereocenters. The lowest BCUT2D eigenvalue weighted by molar-refractivity contribution is -0.116. The second-order valence-electron chi connectivity index (χ2n) is 4.99. The molecule has 3 rings (SSSR count). The molecule has 0 saturated carbocycles. The van der Waals surface area contributed by atoms with Gasteiger partial charge in [-0.05, 0) is 30.2 Å². The molecule has 5 nitrogen and oxygen atoms in total. The van der Waals surface area contributed by atoms with Gasteiger partial charge in [0.05, 0.1) is 0 Å². The molecule has 0 bridgehead atoms. The summed E-state index contributed by atoms with van der Waals surface area (Å²) in [5.41, 5.74) is 2.27. The van der Waals surface area contributed by atoms with Crippen molar-refractivity contribution >= 4 is 34.2 Å². The first kappa shape index (κ1) is 14.5. The molecule has 22 heavy (non-hydrogen) atoms. The average molecular weight is 315 g/mol. The lowest BCUT2D eigenvalue weighted by atomic mass is 10.1. The fourth-order valence-corrected chi connectivity index (χ4v) is 2.56. The molecular formula is C16H15ClN4O. The van der Waals surface area contributed by atoms with E-state index in [0.717, 1.165) is 11.9 Å². The van der Waals surface area contributed by atoms with Crippen LogP contribution in [0.25, 0.3) is 10.9 Å². The van der Waals surface area contributed by atoms with Crippen LogP contribution in [0.3, 0.4) is 0 Å². The van der Waals surface area contributed by atoms with Crippen molar-refractivity contribution in [3.05, 3.63) is 53.3 Å². The van der Waals surface area contributed by atoms with Crippen molar-refractivity contribution in [1.29, 1.82) is 0 Å². The van der Waals surface area contributed by atoms with Crippen molar-refractivity contribution in [2.45, 2.75) is 13.3 Å². The SMILES string of the molecule is CC(=O)N(CCc1c[nH]c2ccccc12)c1ccc(Cl)nn1. The van der Waals surface area contributed by atoms with Crippen molar-refractivity contribution in [2.24, 2.45) is 0 Å². The van der Waals surface area contributed by atoms with Crippen molar-refractivity contribution < 1.29 is 4.79 Å². The predicted octanol–water partition coefficient (Wildman–Crippen LogP) is 3.21. The molecule has 1 N–H and O–H groups in total. The van der Waals surface area contributed by atoms with E-state index in [2.05, 4.69) is 21.2 Å². The number of fused-ring (bicyclic) bond motifs is 1. The van der Waals surface area contributed by atoms with Crippen LogP contribution in [0.15, 0.2) is 42.6 Å². The smallest absolute Gasteiger partial charge is 0.225 e. The number of rotatable bonds is 4. The van der Waals surface area contributed by atoms with Gasteiger partial charge in [-0.2, -0.15) is 0 Å². The summed E-state index contributed by atoms with van der Waals surface area (Å²) < 4.78 is 0. The molecule has 0 aliphatic heterocycles. The van der Waals surface area contributed by atoms with Crippen molar-refractivity contribution in [1.82, 2.24) is 15.2 Å². The Morgan fingerprint density at radius 2 is 2.05 bits per heavy atom. The maximum absolute atomic E-state index is 11.9. The number of nitrogens with one attached hydrogen (secondary N) is 1. The van der Waals surface area contributed by atoms with Gasteiger partial charge in [0, 0.05) is 30.6 Å². The second kappa shape index (κ2) is 6.15. The Kier molecular flexibility index (Phi) is 4.06. The summed E-state index contributed by atoms with van der Waals surface area (Å²) in [4.78, 5) is 16.7. The van der Waals surface area contributed by atoms with E-state index in [1.165, 1.54) is 17.9 Å². The number of benzene rings is 1. The average Bonchev–Trinajstić information content (AvgIpc) is 2.92. The predicted molar refractivity (Wildman–Crippen MR) is 87.1 cm³/mol. The lowest BCUT2D eigenvalue weighted by Crippen LogP contribution is -2.31. The van der Waals surface area contributed by atoms with Crippen LogP contribution in [0, 0.1) is 0 Å². The number of carbonyl (C=O) groups is 1. The van der Waals surface area contributed by atoms with Gasteiger partial charge in [-0.25, -0.2) is 0 Å². The minimum absolute atomic E-state index is 0.0727. The first-order valence-corrected chi connectivity index (χ1v) is 7.35. The van der Waals surface area contributed by atoms with E-state index >= 15 is 0 Å². The Balaban J connectivity index is 1.80. The molecule has 3 aromatic rings. The third kappa shape index (κ3) is 2.94. The molecule has 0 fully saturated rings. The summed E-state index contributed by atoms with van der Waals surface area (Å²) in [6, 6.07) is 11.4. The Labute approximate surface area is 132 Å². The number of aromatic nitrogens is 3. The second-order valence-corrected chi connectivity index (χ2v) is 5.38. The van der Waals surface area contributed by atoms with Crippen LogP contribution in [0.5, 0.6) is 0 Å². The molecule has 112 valence electrons. The van der Waals surface area contributed by atoms with Gasteiger partial charge in [0.15, 0.2) is 11.0 Å².